The average Bonchev–Trinajstić information content (AvgIpc) is 2.92. The minimum Gasteiger partial charge on any atom is -0.451 e. The van der Waals surface area contributed by atoms with Gasteiger partial charge < -0.3 is 15.1 Å². The standard InChI is InChI=1S/C17H13ClN2O3/c1-10(21)19-13-3-5-14(6-4-13)20-17(22)16-9-11-8-12(18)2-7-15(11)23-16/h2-9H,1H3,(H,19,21)(H,20,22). The van der Waals surface area contributed by atoms with E-state index in [-0.39, 0.29) is 17.6 Å². The highest BCUT2D eigenvalue weighted by Gasteiger charge is 2.12. The second-order valence-electron chi connectivity index (χ2n) is 5.01. The first-order valence-corrected chi connectivity index (χ1v) is 7.27. The second kappa shape index (κ2) is 6.14. The summed E-state index contributed by atoms with van der Waals surface area (Å²) in [6.07, 6.45) is 0. The van der Waals surface area contributed by atoms with E-state index in [1.165, 1.54) is 6.92 Å². The van der Waals surface area contributed by atoms with Gasteiger partial charge >= 0.3 is 0 Å². The Labute approximate surface area is 137 Å². The predicted molar refractivity (Wildman–Crippen MR) is 89.9 cm³/mol. The summed E-state index contributed by atoms with van der Waals surface area (Å²) in [5, 5.41) is 6.74. The first kappa shape index (κ1) is 15.1. The zero-order valence-corrected chi connectivity index (χ0v) is 13.0. The molecular weight excluding hydrogens is 316 g/mol. The third-order valence-corrected chi connectivity index (χ3v) is 3.40. The molecule has 0 radical (unpaired) electrons. The van der Waals surface area contributed by atoms with Gasteiger partial charge in [0.25, 0.3) is 5.91 Å². The minimum absolute atomic E-state index is 0.150. The van der Waals surface area contributed by atoms with E-state index in [1.54, 1.807) is 48.5 Å². The number of carbonyl (C=O) groups is 2. The van der Waals surface area contributed by atoms with E-state index in [2.05, 4.69) is 10.6 Å². The SMILES string of the molecule is CC(=O)Nc1ccc(NC(=O)c2cc3cc(Cl)ccc3o2)cc1. The lowest BCUT2D eigenvalue weighted by molar-refractivity contribution is -0.114. The largest absolute Gasteiger partial charge is 0.451 e. The molecule has 5 nitrogen and oxygen atoms in total. The van der Waals surface area contributed by atoms with Gasteiger partial charge in [-0.1, -0.05) is 11.6 Å². The van der Waals surface area contributed by atoms with Crippen molar-refractivity contribution in [1.29, 1.82) is 0 Å². The molecule has 2 amide bonds. The topological polar surface area (TPSA) is 71.3 Å². The van der Waals surface area contributed by atoms with Crippen molar-refractivity contribution >= 4 is 45.8 Å². The zero-order chi connectivity index (χ0) is 16.4. The Morgan fingerprint density at radius 1 is 0.957 bits per heavy atom. The first-order valence-electron chi connectivity index (χ1n) is 6.89. The summed E-state index contributed by atoms with van der Waals surface area (Å²) in [6.45, 7) is 1.43. The predicted octanol–water partition coefficient (Wildman–Crippen LogP) is 4.30. The number of hydrogen-bond donors (Lipinski definition) is 2. The fourth-order valence-electron chi connectivity index (χ4n) is 2.16. The van der Waals surface area contributed by atoms with Crippen molar-refractivity contribution in [1.82, 2.24) is 0 Å². The van der Waals surface area contributed by atoms with Crippen LogP contribution in [0.4, 0.5) is 11.4 Å². The number of amides is 2. The lowest BCUT2D eigenvalue weighted by atomic mass is 10.2. The summed E-state index contributed by atoms with van der Waals surface area (Å²) in [5.74, 6) is -0.305. The second-order valence-corrected chi connectivity index (χ2v) is 5.44. The van der Waals surface area contributed by atoms with Crippen LogP contribution in [0.25, 0.3) is 11.0 Å². The Bertz CT molecular complexity index is 884. The normalized spacial score (nSPS) is 10.5. The summed E-state index contributed by atoms with van der Waals surface area (Å²) in [6, 6.07) is 13.6. The van der Waals surface area contributed by atoms with Crippen molar-refractivity contribution in [3.63, 3.8) is 0 Å². The Hall–Kier alpha value is -2.79. The number of hydrogen-bond acceptors (Lipinski definition) is 3. The van der Waals surface area contributed by atoms with Crippen LogP contribution in [0.1, 0.15) is 17.5 Å². The van der Waals surface area contributed by atoms with E-state index in [0.717, 1.165) is 5.39 Å². The van der Waals surface area contributed by atoms with E-state index in [1.807, 2.05) is 0 Å². The number of halogens is 1. The molecule has 3 rings (SSSR count). The summed E-state index contributed by atoms with van der Waals surface area (Å²) in [4.78, 5) is 23.2. The van der Waals surface area contributed by atoms with Gasteiger partial charge in [-0.15, -0.1) is 0 Å². The molecule has 0 aliphatic heterocycles. The van der Waals surface area contributed by atoms with Crippen molar-refractivity contribution in [2.45, 2.75) is 6.92 Å². The lowest BCUT2D eigenvalue weighted by Crippen LogP contribution is -2.11. The Morgan fingerprint density at radius 2 is 1.61 bits per heavy atom. The molecule has 0 saturated carbocycles. The van der Waals surface area contributed by atoms with E-state index in [9.17, 15) is 9.59 Å². The maximum atomic E-state index is 12.2. The molecule has 0 aliphatic rings. The van der Waals surface area contributed by atoms with Gasteiger partial charge in [-0.3, -0.25) is 9.59 Å². The van der Waals surface area contributed by atoms with Gasteiger partial charge in [0.1, 0.15) is 5.58 Å². The minimum atomic E-state index is -0.357. The number of nitrogens with one attached hydrogen (secondary N) is 2. The number of anilines is 2. The molecule has 0 fully saturated rings. The molecule has 0 bridgehead atoms. The van der Waals surface area contributed by atoms with Crippen molar-refractivity contribution in [3.05, 3.63) is 59.3 Å². The molecule has 2 aromatic carbocycles. The zero-order valence-electron chi connectivity index (χ0n) is 12.2. The molecule has 0 atom stereocenters. The maximum absolute atomic E-state index is 12.2. The fourth-order valence-corrected chi connectivity index (χ4v) is 2.34. The van der Waals surface area contributed by atoms with Gasteiger partial charge in [-0.2, -0.15) is 0 Å². The van der Waals surface area contributed by atoms with Crippen LogP contribution in [0.2, 0.25) is 5.02 Å². The molecule has 3 aromatic rings. The van der Waals surface area contributed by atoms with Crippen LogP contribution < -0.4 is 10.6 Å². The van der Waals surface area contributed by atoms with E-state index in [0.29, 0.717) is 22.0 Å². The first-order chi connectivity index (χ1) is 11.0. The monoisotopic (exact) mass is 328 g/mol. The van der Waals surface area contributed by atoms with Gasteiger partial charge in [-0.05, 0) is 48.5 Å². The van der Waals surface area contributed by atoms with Gasteiger partial charge in [0.15, 0.2) is 5.76 Å². The lowest BCUT2D eigenvalue weighted by Gasteiger charge is -2.05. The highest BCUT2D eigenvalue weighted by atomic mass is 35.5. The Kier molecular flexibility index (Phi) is 4.04. The fraction of sp³-hybridized carbons (Fsp3) is 0.0588. The quantitative estimate of drug-likeness (QED) is 0.753. The molecule has 0 unspecified atom stereocenters. The van der Waals surface area contributed by atoms with Crippen LogP contribution >= 0.6 is 11.6 Å². The molecule has 0 aliphatic carbocycles. The molecule has 116 valence electrons. The summed E-state index contributed by atoms with van der Waals surface area (Å²) in [7, 11) is 0. The van der Waals surface area contributed by atoms with Crippen LogP contribution in [0.5, 0.6) is 0 Å². The molecule has 2 N–H and O–H groups in total. The number of benzene rings is 2. The van der Waals surface area contributed by atoms with Crippen LogP contribution in [0.3, 0.4) is 0 Å². The molecule has 1 aromatic heterocycles. The molecule has 0 saturated heterocycles. The van der Waals surface area contributed by atoms with E-state index < -0.39 is 0 Å². The summed E-state index contributed by atoms with van der Waals surface area (Å²) >= 11 is 5.92. The molecule has 1 heterocycles. The number of furan rings is 1. The highest BCUT2D eigenvalue weighted by Crippen LogP contribution is 2.24. The third-order valence-electron chi connectivity index (χ3n) is 3.17. The number of carbonyl (C=O) groups excluding carboxylic acids is 2. The molecular formula is C17H13ClN2O3. The van der Waals surface area contributed by atoms with Crippen LogP contribution in [0.15, 0.2) is 52.9 Å². The van der Waals surface area contributed by atoms with Crippen molar-refractivity contribution in [3.8, 4) is 0 Å². The van der Waals surface area contributed by atoms with Gasteiger partial charge in [-0.25, -0.2) is 0 Å². The Balaban J connectivity index is 1.76. The molecule has 6 heteroatoms. The average molecular weight is 329 g/mol. The Morgan fingerprint density at radius 3 is 2.26 bits per heavy atom. The highest BCUT2D eigenvalue weighted by molar-refractivity contribution is 6.31. The number of fused-ring (bicyclic) bond motifs is 1. The van der Waals surface area contributed by atoms with Gasteiger partial charge in [0, 0.05) is 28.7 Å². The van der Waals surface area contributed by atoms with Crippen molar-refractivity contribution in [2.75, 3.05) is 10.6 Å². The van der Waals surface area contributed by atoms with Crippen molar-refractivity contribution < 1.29 is 14.0 Å². The van der Waals surface area contributed by atoms with Crippen LogP contribution in [0, 0.1) is 0 Å². The van der Waals surface area contributed by atoms with Crippen LogP contribution in [-0.2, 0) is 4.79 Å². The van der Waals surface area contributed by atoms with E-state index >= 15 is 0 Å². The summed E-state index contributed by atoms with van der Waals surface area (Å²) in [5.41, 5.74) is 1.86. The van der Waals surface area contributed by atoms with Gasteiger partial charge in [0.2, 0.25) is 5.91 Å². The molecule has 23 heavy (non-hydrogen) atoms. The van der Waals surface area contributed by atoms with Gasteiger partial charge in [0.05, 0.1) is 0 Å². The smallest absolute Gasteiger partial charge is 0.291 e. The third kappa shape index (κ3) is 3.52. The van der Waals surface area contributed by atoms with Crippen molar-refractivity contribution in [2.24, 2.45) is 0 Å². The maximum Gasteiger partial charge on any atom is 0.291 e. The summed E-state index contributed by atoms with van der Waals surface area (Å²) < 4.78 is 5.51. The molecule has 0 spiro atoms. The van der Waals surface area contributed by atoms with Crippen LogP contribution in [-0.4, -0.2) is 11.8 Å². The number of rotatable bonds is 3. The van der Waals surface area contributed by atoms with E-state index in [4.69, 9.17) is 16.0 Å².